The number of carbonyl (C=O) groups is 1. The van der Waals surface area contributed by atoms with Crippen molar-refractivity contribution in [3.63, 3.8) is 0 Å². The fraction of sp³-hybridized carbons (Fsp3) is 0.318. The van der Waals surface area contributed by atoms with Crippen LogP contribution in [0.3, 0.4) is 0 Å². The molecule has 2 heterocycles. The number of aromatic nitrogens is 3. The highest BCUT2D eigenvalue weighted by Gasteiger charge is 2.17. The molecule has 2 aromatic carbocycles. The molecule has 5 nitrogen and oxygen atoms in total. The average molecular weight is 429 g/mol. The highest BCUT2D eigenvalue weighted by Crippen LogP contribution is 2.27. The summed E-state index contributed by atoms with van der Waals surface area (Å²) in [5.74, 6) is 0.889. The van der Waals surface area contributed by atoms with Crippen LogP contribution in [0, 0.1) is 11.6 Å². The van der Waals surface area contributed by atoms with Crippen molar-refractivity contribution >= 4 is 23.4 Å². The van der Waals surface area contributed by atoms with Crippen molar-refractivity contribution in [2.24, 2.45) is 0 Å². The predicted molar refractivity (Wildman–Crippen MR) is 113 cm³/mol. The molecule has 0 unspecified atom stereocenters. The number of aryl methyl sites for hydroxylation is 1. The van der Waals surface area contributed by atoms with Crippen molar-refractivity contribution < 1.29 is 13.6 Å². The summed E-state index contributed by atoms with van der Waals surface area (Å²) in [6, 6.07) is 11.0. The molecule has 8 heteroatoms. The van der Waals surface area contributed by atoms with Gasteiger partial charge in [-0.15, -0.1) is 22.0 Å². The van der Waals surface area contributed by atoms with E-state index < -0.39 is 5.82 Å². The quantitative estimate of drug-likeness (QED) is 0.557. The van der Waals surface area contributed by atoms with Crippen molar-refractivity contribution in [3.05, 3.63) is 59.9 Å². The van der Waals surface area contributed by atoms with Gasteiger partial charge >= 0.3 is 0 Å². The molecular weight excluding hydrogens is 406 g/mol. The Morgan fingerprint density at radius 3 is 2.80 bits per heavy atom. The SMILES string of the molecule is O=C(CCSc1ccccc1F)Nc1cc(-c2nnc3n2CCCCC3)ccc1F. The molecule has 1 aliphatic heterocycles. The van der Waals surface area contributed by atoms with Crippen molar-refractivity contribution in [2.75, 3.05) is 11.1 Å². The number of hydrogen-bond acceptors (Lipinski definition) is 4. The standard InChI is InChI=1S/C22H22F2N4OS/c23-16-10-9-15(22-27-26-20-8-2-1-5-12-28(20)22)14-18(16)25-21(29)11-13-30-19-7-4-3-6-17(19)24/h3-4,6-7,9-10,14H,1-2,5,8,11-13H2,(H,25,29). The molecule has 0 saturated heterocycles. The first-order chi connectivity index (χ1) is 14.6. The van der Waals surface area contributed by atoms with Crippen LogP contribution in [0.4, 0.5) is 14.5 Å². The van der Waals surface area contributed by atoms with Gasteiger partial charge in [-0.2, -0.15) is 0 Å². The van der Waals surface area contributed by atoms with Gasteiger partial charge in [0.1, 0.15) is 17.5 Å². The van der Waals surface area contributed by atoms with Crippen molar-refractivity contribution in [1.29, 1.82) is 0 Å². The number of halogens is 2. The van der Waals surface area contributed by atoms with Gasteiger partial charge in [0.15, 0.2) is 5.82 Å². The zero-order valence-corrected chi connectivity index (χ0v) is 17.2. The number of nitrogens with one attached hydrogen (secondary N) is 1. The van der Waals surface area contributed by atoms with Gasteiger partial charge in [-0.3, -0.25) is 4.79 Å². The molecule has 3 aromatic rings. The Labute approximate surface area is 177 Å². The van der Waals surface area contributed by atoms with Gasteiger partial charge in [0.05, 0.1) is 5.69 Å². The number of thioether (sulfide) groups is 1. The van der Waals surface area contributed by atoms with Crippen LogP contribution in [-0.4, -0.2) is 26.4 Å². The molecule has 0 saturated carbocycles. The molecule has 1 aromatic heterocycles. The summed E-state index contributed by atoms with van der Waals surface area (Å²) in [6.07, 6.45) is 4.33. The monoisotopic (exact) mass is 428 g/mol. The van der Waals surface area contributed by atoms with Crippen LogP contribution in [0.5, 0.6) is 0 Å². The van der Waals surface area contributed by atoms with Gasteiger partial charge in [0.25, 0.3) is 0 Å². The Kier molecular flexibility index (Phi) is 6.42. The van der Waals surface area contributed by atoms with E-state index in [0.717, 1.165) is 38.1 Å². The number of fused-ring (bicyclic) bond motifs is 1. The van der Waals surface area contributed by atoms with E-state index in [4.69, 9.17) is 0 Å². The highest BCUT2D eigenvalue weighted by molar-refractivity contribution is 7.99. The van der Waals surface area contributed by atoms with E-state index in [2.05, 4.69) is 20.1 Å². The zero-order valence-electron chi connectivity index (χ0n) is 16.4. The number of nitrogens with zero attached hydrogens (tertiary/aromatic N) is 3. The van der Waals surface area contributed by atoms with E-state index >= 15 is 0 Å². The van der Waals surface area contributed by atoms with Crippen molar-refractivity contribution in [2.45, 2.75) is 43.5 Å². The van der Waals surface area contributed by atoms with Crippen molar-refractivity contribution in [3.8, 4) is 11.4 Å². The van der Waals surface area contributed by atoms with Gasteiger partial charge in [-0.1, -0.05) is 18.6 Å². The lowest BCUT2D eigenvalue weighted by Gasteiger charge is -2.10. The first-order valence-electron chi connectivity index (χ1n) is 10.0. The number of rotatable bonds is 6. The van der Waals surface area contributed by atoms with Gasteiger partial charge < -0.3 is 9.88 Å². The molecule has 0 bridgehead atoms. The summed E-state index contributed by atoms with van der Waals surface area (Å²) in [4.78, 5) is 12.8. The normalized spacial score (nSPS) is 13.5. The third-order valence-electron chi connectivity index (χ3n) is 5.03. The average Bonchev–Trinajstić information content (AvgIpc) is 2.99. The summed E-state index contributed by atoms with van der Waals surface area (Å²) < 4.78 is 30.0. The molecule has 0 aliphatic carbocycles. The number of hydrogen-bond donors (Lipinski definition) is 1. The molecule has 4 rings (SSSR count). The maximum absolute atomic E-state index is 14.3. The van der Waals surface area contributed by atoms with E-state index in [9.17, 15) is 13.6 Å². The molecule has 30 heavy (non-hydrogen) atoms. The van der Waals surface area contributed by atoms with Gasteiger partial charge in [0.2, 0.25) is 5.91 Å². The minimum Gasteiger partial charge on any atom is -0.324 e. The lowest BCUT2D eigenvalue weighted by atomic mass is 10.1. The minimum absolute atomic E-state index is 0.111. The maximum atomic E-state index is 14.3. The van der Waals surface area contributed by atoms with E-state index in [-0.39, 0.29) is 23.8 Å². The van der Waals surface area contributed by atoms with E-state index in [0.29, 0.717) is 22.0 Å². The van der Waals surface area contributed by atoms with Crippen LogP contribution in [0.15, 0.2) is 47.4 Å². The second kappa shape index (κ2) is 9.38. The molecule has 1 N–H and O–H groups in total. The first-order valence-corrected chi connectivity index (χ1v) is 11.0. The minimum atomic E-state index is -0.510. The molecular formula is C22H22F2N4OS. The van der Waals surface area contributed by atoms with E-state index in [1.807, 2.05) is 0 Å². The zero-order chi connectivity index (χ0) is 20.9. The lowest BCUT2D eigenvalue weighted by molar-refractivity contribution is -0.115. The molecule has 0 radical (unpaired) electrons. The second-order valence-corrected chi connectivity index (χ2v) is 8.31. The van der Waals surface area contributed by atoms with Crippen LogP contribution in [0.25, 0.3) is 11.4 Å². The molecule has 1 amide bonds. The second-order valence-electron chi connectivity index (χ2n) is 7.17. The summed E-state index contributed by atoms with van der Waals surface area (Å²) in [5.41, 5.74) is 0.826. The van der Waals surface area contributed by atoms with Gasteiger partial charge in [-0.05, 0) is 43.2 Å². The number of benzene rings is 2. The summed E-state index contributed by atoms with van der Waals surface area (Å²) in [5, 5.41) is 11.2. The summed E-state index contributed by atoms with van der Waals surface area (Å²) in [6.45, 7) is 0.837. The highest BCUT2D eigenvalue weighted by atomic mass is 32.2. The Morgan fingerprint density at radius 1 is 1.07 bits per heavy atom. The number of amides is 1. The lowest BCUT2D eigenvalue weighted by Crippen LogP contribution is -2.13. The topological polar surface area (TPSA) is 59.8 Å². The molecule has 156 valence electrons. The molecule has 0 fully saturated rings. The predicted octanol–water partition coefficient (Wildman–Crippen LogP) is 5.07. The molecule has 1 aliphatic rings. The van der Waals surface area contributed by atoms with E-state index in [1.165, 1.54) is 23.9 Å². The van der Waals surface area contributed by atoms with Crippen LogP contribution < -0.4 is 5.32 Å². The molecule has 0 spiro atoms. The number of anilines is 1. The van der Waals surface area contributed by atoms with Crippen LogP contribution in [-0.2, 0) is 17.8 Å². The van der Waals surface area contributed by atoms with Crippen LogP contribution >= 0.6 is 11.8 Å². The van der Waals surface area contributed by atoms with Crippen LogP contribution in [0.2, 0.25) is 0 Å². The maximum Gasteiger partial charge on any atom is 0.225 e. The molecule has 0 atom stereocenters. The fourth-order valence-corrected chi connectivity index (χ4v) is 4.38. The van der Waals surface area contributed by atoms with Gasteiger partial charge in [0, 0.05) is 35.6 Å². The van der Waals surface area contributed by atoms with E-state index in [1.54, 1.807) is 30.3 Å². The summed E-state index contributed by atoms with van der Waals surface area (Å²) in [7, 11) is 0. The van der Waals surface area contributed by atoms with Gasteiger partial charge in [-0.25, -0.2) is 8.78 Å². The number of carbonyl (C=O) groups excluding carboxylic acids is 1. The Morgan fingerprint density at radius 2 is 1.93 bits per heavy atom. The third-order valence-corrected chi connectivity index (χ3v) is 6.08. The Hall–Kier alpha value is -2.74. The van der Waals surface area contributed by atoms with Crippen LogP contribution in [0.1, 0.15) is 31.5 Å². The van der Waals surface area contributed by atoms with Crippen molar-refractivity contribution in [1.82, 2.24) is 14.8 Å². The largest absolute Gasteiger partial charge is 0.324 e. The third kappa shape index (κ3) is 4.70. The Bertz CT molecular complexity index is 1050. The fourth-order valence-electron chi connectivity index (χ4n) is 3.49. The summed E-state index contributed by atoms with van der Waals surface area (Å²) >= 11 is 1.26. The smallest absolute Gasteiger partial charge is 0.225 e. The first kappa shape index (κ1) is 20.5. The Balaban J connectivity index is 1.43.